The van der Waals surface area contributed by atoms with Gasteiger partial charge in [-0.25, -0.2) is 8.78 Å². The number of nitrogens with zero attached hydrogens (tertiary/aromatic N) is 1. The van der Waals surface area contributed by atoms with Crippen molar-refractivity contribution in [2.75, 3.05) is 13.6 Å². The summed E-state index contributed by atoms with van der Waals surface area (Å²) in [5, 5.41) is 9.91. The molecule has 0 spiro atoms. The van der Waals surface area contributed by atoms with E-state index in [9.17, 15) is 13.9 Å². The van der Waals surface area contributed by atoms with Gasteiger partial charge in [0.15, 0.2) is 0 Å². The summed E-state index contributed by atoms with van der Waals surface area (Å²) in [5.41, 5.74) is 0.296. The number of aliphatic hydroxyl groups excluding tert-OH is 1. The third-order valence-corrected chi connectivity index (χ3v) is 3.37. The highest BCUT2D eigenvalue weighted by molar-refractivity contribution is 5.20. The third kappa shape index (κ3) is 4.35. The van der Waals surface area contributed by atoms with Gasteiger partial charge in [0.05, 0.1) is 6.10 Å². The minimum absolute atomic E-state index is 0.296. The highest BCUT2D eigenvalue weighted by Crippen LogP contribution is 2.19. The van der Waals surface area contributed by atoms with Crippen LogP contribution >= 0.6 is 0 Å². The van der Waals surface area contributed by atoms with E-state index in [1.54, 1.807) is 0 Å². The topological polar surface area (TPSA) is 23.5 Å². The van der Waals surface area contributed by atoms with E-state index in [0.29, 0.717) is 24.6 Å². The molecule has 102 valence electrons. The molecule has 1 N–H and O–H groups in total. The van der Waals surface area contributed by atoms with Gasteiger partial charge in [-0.3, -0.25) is 0 Å². The van der Waals surface area contributed by atoms with Gasteiger partial charge >= 0.3 is 0 Å². The average Bonchev–Trinajstić information content (AvgIpc) is 2.33. The lowest BCUT2D eigenvalue weighted by Crippen LogP contribution is -2.30. The maximum atomic E-state index is 13.0. The zero-order valence-electron chi connectivity index (χ0n) is 11.2. The summed E-state index contributed by atoms with van der Waals surface area (Å²) in [6, 6.07) is 3.59. The Labute approximate surface area is 107 Å². The van der Waals surface area contributed by atoms with Crippen LogP contribution in [0.1, 0.15) is 38.4 Å². The van der Waals surface area contributed by atoms with Crippen LogP contribution in [0.3, 0.4) is 0 Å². The summed E-state index contributed by atoms with van der Waals surface area (Å²) in [6.07, 6.45) is 0.659. The molecule has 0 fully saturated rings. The van der Waals surface area contributed by atoms with Gasteiger partial charge in [-0.2, -0.15) is 0 Å². The van der Waals surface area contributed by atoms with Crippen molar-refractivity contribution in [2.24, 2.45) is 0 Å². The second kappa shape index (κ2) is 6.81. The number of hydrogen-bond acceptors (Lipinski definition) is 2. The van der Waals surface area contributed by atoms with Crippen LogP contribution in [0.2, 0.25) is 0 Å². The first kappa shape index (κ1) is 15.1. The van der Waals surface area contributed by atoms with Crippen molar-refractivity contribution in [2.45, 2.75) is 38.8 Å². The van der Waals surface area contributed by atoms with Crippen LogP contribution in [-0.4, -0.2) is 29.6 Å². The Hall–Kier alpha value is -1.00. The van der Waals surface area contributed by atoms with Crippen LogP contribution in [-0.2, 0) is 0 Å². The van der Waals surface area contributed by atoms with Crippen molar-refractivity contribution in [3.8, 4) is 0 Å². The number of rotatable bonds is 6. The van der Waals surface area contributed by atoms with Gasteiger partial charge in [-0.15, -0.1) is 0 Å². The Morgan fingerprint density at radius 2 is 1.78 bits per heavy atom. The van der Waals surface area contributed by atoms with Crippen LogP contribution in [0.15, 0.2) is 18.2 Å². The molecule has 0 bridgehead atoms. The largest absolute Gasteiger partial charge is 0.388 e. The van der Waals surface area contributed by atoms with E-state index in [-0.39, 0.29) is 0 Å². The van der Waals surface area contributed by atoms with Crippen molar-refractivity contribution in [1.82, 2.24) is 4.90 Å². The lowest BCUT2D eigenvalue weighted by atomic mass is 10.1. The normalized spacial score (nSPS) is 14.8. The summed E-state index contributed by atoms with van der Waals surface area (Å²) < 4.78 is 26.0. The lowest BCUT2D eigenvalue weighted by Gasteiger charge is -2.24. The quantitative estimate of drug-likeness (QED) is 0.846. The second-order valence-corrected chi connectivity index (χ2v) is 4.75. The first-order valence-electron chi connectivity index (χ1n) is 6.28. The molecule has 0 heterocycles. The van der Waals surface area contributed by atoms with Crippen molar-refractivity contribution in [3.05, 3.63) is 35.4 Å². The molecule has 0 aliphatic heterocycles. The highest BCUT2D eigenvalue weighted by Gasteiger charge is 2.13. The summed E-state index contributed by atoms with van der Waals surface area (Å²) in [5.74, 6) is -1.31. The van der Waals surface area contributed by atoms with Crippen LogP contribution in [0.25, 0.3) is 0 Å². The third-order valence-electron chi connectivity index (χ3n) is 3.37. The monoisotopic (exact) mass is 257 g/mol. The van der Waals surface area contributed by atoms with Crippen molar-refractivity contribution in [1.29, 1.82) is 0 Å². The molecule has 2 unspecified atom stereocenters. The Balaban J connectivity index is 2.57. The molecular weight excluding hydrogens is 236 g/mol. The van der Waals surface area contributed by atoms with Crippen LogP contribution in [0.5, 0.6) is 0 Å². The fourth-order valence-electron chi connectivity index (χ4n) is 1.79. The van der Waals surface area contributed by atoms with E-state index in [2.05, 4.69) is 18.7 Å². The molecule has 0 amide bonds. The molecule has 4 heteroatoms. The Morgan fingerprint density at radius 3 is 2.28 bits per heavy atom. The molecule has 0 aromatic heterocycles. The van der Waals surface area contributed by atoms with Crippen molar-refractivity contribution >= 4 is 0 Å². The molecule has 18 heavy (non-hydrogen) atoms. The molecule has 0 aliphatic rings. The molecule has 0 aliphatic carbocycles. The fraction of sp³-hybridized carbons (Fsp3) is 0.571. The Morgan fingerprint density at radius 1 is 1.22 bits per heavy atom. The van der Waals surface area contributed by atoms with Gasteiger partial charge in [0.1, 0.15) is 11.6 Å². The van der Waals surface area contributed by atoms with Gasteiger partial charge < -0.3 is 10.0 Å². The standard InChI is InChI=1S/C14H21F2NO/c1-4-10(2)17(3)6-5-14(18)11-7-12(15)9-13(16)8-11/h7-10,14,18H,4-6H2,1-3H3. The second-order valence-electron chi connectivity index (χ2n) is 4.75. The summed E-state index contributed by atoms with van der Waals surface area (Å²) >= 11 is 0. The molecule has 2 nitrogen and oxygen atoms in total. The van der Waals surface area contributed by atoms with Gasteiger partial charge in [-0.1, -0.05) is 6.92 Å². The molecule has 2 atom stereocenters. The molecule has 0 saturated heterocycles. The smallest absolute Gasteiger partial charge is 0.126 e. The van der Waals surface area contributed by atoms with Gasteiger partial charge in [0.25, 0.3) is 0 Å². The number of hydrogen-bond donors (Lipinski definition) is 1. The fourth-order valence-corrected chi connectivity index (χ4v) is 1.79. The zero-order valence-corrected chi connectivity index (χ0v) is 11.2. The van der Waals surface area contributed by atoms with Crippen molar-refractivity contribution < 1.29 is 13.9 Å². The van der Waals surface area contributed by atoms with Crippen LogP contribution in [0, 0.1) is 11.6 Å². The molecule has 0 saturated carbocycles. The maximum absolute atomic E-state index is 13.0. The molecule has 1 aromatic rings. The first-order chi connectivity index (χ1) is 8.43. The van der Waals surface area contributed by atoms with E-state index in [0.717, 1.165) is 12.5 Å². The van der Waals surface area contributed by atoms with Gasteiger partial charge in [-0.05, 0) is 44.5 Å². The lowest BCUT2D eigenvalue weighted by molar-refractivity contribution is 0.137. The van der Waals surface area contributed by atoms with Gasteiger partial charge in [0, 0.05) is 18.7 Å². The molecule has 1 aromatic carbocycles. The predicted molar refractivity (Wildman–Crippen MR) is 68.3 cm³/mol. The first-order valence-corrected chi connectivity index (χ1v) is 6.28. The average molecular weight is 257 g/mol. The van der Waals surface area contributed by atoms with E-state index < -0.39 is 17.7 Å². The van der Waals surface area contributed by atoms with Crippen LogP contribution in [0.4, 0.5) is 8.78 Å². The SMILES string of the molecule is CCC(C)N(C)CCC(O)c1cc(F)cc(F)c1. The summed E-state index contributed by atoms with van der Waals surface area (Å²) in [4.78, 5) is 2.12. The number of benzene rings is 1. The van der Waals surface area contributed by atoms with E-state index >= 15 is 0 Å². The van der Waals surface area contributed by atoms with Crippen molar-refractivity contribution in [3.63, 3.8) is 0 Å². The van der Waals surface area contributed by atoms with Gasteiger partial charge in [0.2, 0.25) is 0 Å². The van der Waals surface area contributed by atoms with Crippen LogP contribution < -0.4 is 0 Å². The molecule has 0 radical (unpaired) electrons. The summed E-state index contributed by atoms with van der Waals surface area (Å²) in [7, 11) is 1.98. The molecule has 1 rings (SSSR count). The Kier molecular flexibility index (Phi) is 5.69. The number of halogens is 2. The van der Waals surface area contributed by atoms with E-state index in [1.807, 2.05) is 7.05 Å². The maximum Gasteiger partial charge on any atom is 0.126 e. The van der Waals surface area contributed by atoms with E-state index in [4.69, 9.17) is 0 Å². The summed E-state index contributed by atoms with van der Waals surface area (Å²) in [6.45, 7) is 4.89. The van der Waals surface area contributed by atoms with E-state index in [1.165, 1.54) is 12.1 Å². The molecular formula is C14H21F2NO. The number of aliphatic hydroxyl groups is 1. The zero-order chi connectivity index (χ0) is 13.7. The Bertz CT molecular complexity index is 364. The highest BCUT2D eigenvalue weighted by atomic mass is 19.1. The minimum Gasteiger partial charge on any atom is -0.388 e. The predicted octanol–water partition coefficient (Wildman–Crippen LogP) is 3.12. The minimum atomic E-state index is -0.832.